The van der Waals surface area contributed by atoms with Crippen LogP contribution in [0.15, 0.2) is 47.8 Å². The predicted molar refractivity (Wildman–Crippen MR) is 103 cm³/mol. The number of aromatic nitrogens is 1. The standard InChI is InChI=1S/C20H12F3N3O3S/c1-26-17(28)13-6-5-11(8-14(13)18(26)29)16(27)25-19-24-15(9-30-19)10-3-2-4-12(7-10)20(21,22)23/h2-9H,1H3,(H,24,25,27). The summed E-state index contributed by atoms with van der Waals surface area (Å²) in [7, 11) is 1.36. The molecular formula is C20H12F3N3O3S. The van der Waals surface area contributed by atoms with E-state index in [9.17, 15) is 27.6 Å². The lowest BCUT2D eigenvalue weighted by Crippen LogP contribution is -2.24. The molecule has 1 aliphatic rings. The van der Waals surface area contributed by atoms with Crippen LogP contribution >= 0.6 is 11.3 Å². The molecule has 6 nitrogen and oxygen atoms in total. The molecule has 0 spiro atoms. The molecule has 0 bridgehead atoms. The minimum Gasteiger partial charge on any atom is -0.298 e. The second-order valence-corrected chi connectivity index (χ2v) is 7.36. The third kappa shape index (κ3) is 3.45. The van der Waals surface area contributed by atoms with Crippen molar-refractivity contribution >= 4 is 34.2 Å². The average Bonchev–Trinajstić information content (AvgIpc) is 3.27. The van der Waals surface area contributed by atoms with Gasteiger partial charge in [0.25, 0.3) is 17.7 Å². The fourth-order valence-electron chi connectivity index (χ4n) is 2.99. The van der Waals surface area contributed by atoms with Gasteiger partial charge in [-0.25, -0.2) is 4.98 Å². The Bertz CT molecular complexity index is 1200. The van der Waals surface area contributed by atoms with E-state index in [2.05, 4.69) is 10.3 Å². The average molecular weight is 431 g/mol. The van der Waals surface area contributed by atoms with Gasteiger partial charge in [0.05, 0.1) is 22.4 Å². The van der Waals surface area contributed by atoms with Crippen molar-refractivity contribution in [3.05, 3.63) is 70.1 Å². The number of carbonyl (C=O) groups excluding carboxylic acids is 3. The lowest BCUT2D eigenvalue weighted by Gasteiger charge is -2.07. The second kappa shape index (κ2) is 7.06. The number of fused-ring (bicyclic) bond motifs is 1. The van der Waals surface area contributed by atoms with Crippen LogP contribution in [0.5, 0.6) is 0 Å². The van der Waals surface area contributed by atoms with Crippen LogP contribution in [-0.4, -0.2) is 34.7 Å². The summed E-state index contributed by atoms with van der Waals surface area (Å²) in [5.41, 5.74) is 0.282. The monoisotopic (exact) mass is 431 g/mol. The van der Waals surface area contributed by atoms with Crippen LogP contribution in [0.3, 0.4) is 0 Å². The SMILES string of the molecule is CN1C(=O)c2ccc(C(=O)Nc3nc(-c4cccc(C(F)(F)F)c4)cs3)cc2C1=O. The Kier molecular flexibility index (Phi) is 4.65. The highest BCUT2D eigenvalue weighted by Crippen LogP contribution is 2.33. The van der Waals surface area contributed by atoms with E-state index in [1.54, 1.807) is 0 Å². The molecule has 0 atom stereocenters. The Morgan fingerprint density at radius 1 is 1.07 bits per heavy atom. The Morgan fingerprint density at radius 3 is 2.53 bits per heavy atom. The van der Waals surface area contributed by atoms with Gasteiger partial charge in [0.15, 0.2) is 5.13 Å². The Morgan fingerprint density at radius 2 is 1.80 bits per heavy atom. The number of benzene rings is 2. The molecule has 10 heteroatoms. The van der Waals surface area contributed by atoms with Crippen LogP contribution in [0.4, 0.5) is 18.3 Å². The van der Waals surface area contributed by atoms with Gasteiger partial charge < -0.3 is 0 Å². The number of carbonyl (C=O) groups is 3. The molecule has 152 valence electrons. The van der Waals surface area contributed by atoms with E-state index < -0.39 is 29.5 Å². The van der Waals surface area contributed by atoms with E-state index in [-0.39, 0.29) is 33.1 Å². The van der Waals surface area contributed by atoms with Crippen LogP contribution in [0.25, 0.3) is 11.3 Å². The molecule has 4 rings (SSSR count). The summed E-state index contributed by atoms with van der Waals surface area (Å²) in [6.45, 7) is 0. The number of nitrogens with zero attached hydrogens (tertiary/aromatic N) is 2. The molecular weight excluding hydrogens is 419 g/mol. The molecule has 0 radical (unpaired) electrons. The first-order chi connectivity index (χ1) is 14.1. The molecule has 1 aliphatic heterocycles. The van der Waals surface area contributed by atoms with Crippen molar-refractivity contribution in [1.82, 2.24) is 9.88 Å². The van der Waals surface area contributed by atoms with Crippen molar-refractivity contribution in [2.75, 3.05) is 12.4 Å². The first-order valence-electron chi connectivity index (χ1n) is 8.56. The van der Waals surface area contributed by atoms with E-state index in [1.165, 1.54) is 42.8 Å². The van der Waals surface area contributed by atoms with Gasteiger partial charge in [0.1, 0.15) is 0 Å². The Hall–Kier alpha value is -3.53. The molecule has 1 N–H and O–H groups in total. The topological polar surface area (TPSA) is 79.4 Å². The molecule has 30 heavy (non-hydrogen) atoms. The predicted octanol–water partition coefficient (Wildman–Crippen LogP) is 4.31. The number of halogens is 3. The number of imide groups is 1. The first-order valence-corrected chi connectivity index (χ1v) is 9.44. The number of thiazole rings is 1. The lowest BCUT2D eigenvalue weighted by atomic mass is 10.1. The van der Waals surface area contributed by atoms with Crippen molar-refractivity contribution in [3.8, 4) is 11.3 Å². The molecule has 2 aromatic carbocycles. The molecule has 0 saturated carbocycles. The number of amides is 3. The van der Waals surface area contributed by atoms with Crippen LogP contribution < -0.4 is 5.32 Å². The number of nitrogens with one attached hydrogen (secondary N) is 1. The number of anilines is 1. The highest BCUT2D eigenvalue weighted by molar-refractivity contribution is 7.14. The summed E-state index contributed by atoms with van der Waals surface area (Å²) in [5, 5.41) is 4.28. The minimum atomic E-state index is -4.47. The first kappa shape index (κ1) is 19.8. The van der Waals surface area contributed by atoms with E-state index in [0.717, 1.165) is 28.4 Å². The van der Waals surface area contributed by atoms with E-state index in [0.29, 0.717) is 0 Å². The van der Waals surface area contributed by atoms with Crippen molar-refractivity contribution in [2.45, 2.75) is 6.18 Å². The molecule has 0 fully saturated rings. The van der Waals surface area contributed by atoms with Crippen LogP contribution in [0.1, 0.15) is 36.6 Å². The summed E-state index contributed by atoms with van der Waals surface area (Å²) in [6, 6.07) is 8.89. The third-order valence-corrected chi connectivity index (χ3v) is 5.32. The van der Waals surface area contributed by atoms with Gasteiger partial charge in [-0.1, -0.05) is 12.1 Å². The number of hydrogen-bond donors (Lipinski definition) is 1. The molecule has 2 heterocycles. The van der Waals surface area contributed by atoms with E-state index in [4.69, 9.17) is 0 Å². The second-order valence-electron chi connectivity index (χ2n) is 6.50. The molecule has 3 amide bonds. The maximum Gasteiger partial charge on any atom is 0.416 e. The number of hydrogen-bond acceptors (Lipinski definition) is 5. The smallest absolute Gasteiger partial charge is 0.298 e. The molecule has 3 aromatic rings. The molecule has 1 aromatic heterocycles. The maximum absolute atomic E-state index is 12.9. The molecule has 0 saturated heterocycles. The third-order valence-electron chi connectivity index (χ3n) is 4.56. The fourth-order valence-corrected chi connectivity index (χ4v) is 3.71. The van der Waals surface area contributed by atoms with Crippen molar-refractivity contribution < 1.29 is 27.6 Å². The van der Waals surface area contributed by atoms with E-state index >= 15 is 0 Å². The van der Waals surface area contributed by atoms with Gasteiger partial charge in [-0.05, 0) is 30.3 Å². The highest BCUT2D eigenvalue weighted by atomic mass is 32.1. The molecule has 0 aliphatic carbocycles. The summed E-state index contributed by atoms with van der Waals surface area (Å²) in [5.74, 6) is -1.49. The van der Waals surface area contributed by atoms with Gasteiger partial charge >= 0.3 is 6.18 Å². The summed E-state index contributed by atoms with van der Waals surface area (Å²) >= 11 is 1.05. The van der Waals surface area contributed by atoms with Crippen molar-refractivity contribution in [2.24, 2.45) is 0 Å². The lowest BCUT2D eigenvalue weighted by molar-refractivity contribution is -0.137. The quantitative estimate of drug-likeness (QED) is 0.627. The van der Waals surface area contributed by atoms with Gasteiger partial charge in [-0.3, -0.25) is 24.6 Å². The minimum absolute atomic E-state index is 0.138. The zero-order chi connectivity index (χ0) is 21.6. The summed E-state index contributed by atoms with van der Waals surface area (Å²) in [6.07, 6.45) is -4.47. The maximum atomic E-state index is 12.9. The van der Waals surface area contributed by atoms with Gasteiger partial charge in [-0.15, -0.1) is 11.3 Å². The van der Waals surface area contributed by atoms with Crippen molar-refractivity contribution in [1.29, 1.82) is 0 Å². The fraction of sp³-hybridized carbons (Fsp3) is 0.100. The number of rotatable bonds is 3. The van der Waals surface area contributed by atoms with E-state index in [1.807, 2.05) is 0 Å². The normalized spacial score (nSPS) is 13.5. The van der Waals surface area contributed by atoms with Crippen molar-refractivity contribution in [3.63, 3.8) is 0 Å². The zero-order valence-electron chi connectivity index (χ0n) is 15.3. The van der Waals surface area contributed by atoms with Crippen LogP contribution in [-0.2, 0) is 6.18 Å². The Balaban J connectivity index is 1.55. The number of alkyl halides is 3. The highest BCUT2D eigenvalue weighted by Gasteiger charge is 2.33. The Labute approximate surface area is 172 Å². The van der Waals surface area contributed by atoms with Gasteiger partial charge in [-0.2, -0.15) is 13.2 Å². The van der Waals surface area contributed by atoms with Crippen LogP contribution in [0, 0.1) is 0 Å². The van der Waals surface area contributed by atoms with Crippen LogP contribution in [0.2, 0.25) is 0 Å². The summed E-state index contributed by atoms with van der Waals surface area (Å²) < 4.78 is 38.7. The summed E-state index contributed by atoms with van der Waals surface area (Å²) in [4.78, 5) is 41.7. The molecule has 0 unspecified atom stereocenters. The largest absolute Gasteiger partial charge is 0.416 e. The zero-order valence-corrected chi connectivity index (χ0v) is 16.1. The van der Waals surface area contributed by atoms with Gasteiger partial charge in [0.2, 0.25) is 0 Å². The van der Waals surface area contributed by atoms with Gasteiger partial charge in [0, 0.05) is 23.6 Å².